The van der Waals surface area contributed by atoms with Crippen LogP contribution in [0.3, 0.4) is 0 Å². The molecule has 0 saturated carbocycles. The Kier molecular flexibility index (Phi) is 3.60. The molecule has 1 heterocycles. The van der Waals surface area contributed by atoms with Crippen molar-refractivity contribution in [3.8, 4) is 5.75 Å². The van der Waals surface area contributed by atoms with Gasteiger partial charge in [-0.1, -0.05) is 6.07 Å². The largest absolute Gasteiger partial charge is 0.508 e. The molecule has 5 heteroatoms. The van der Waals surface area contributed by atoms with Gasteiger partial charge < -0.3 is 21.1 Å². The van der Waals surface area contributed by atoms with Crippen molar-refractivity contribution in [2.45, 2.75) is 25.8 Å². The molecule has 1 fully saturated rings. The standard InChI is InChI=1S/C13H19N3O2/c1-9-2-3-11(8-12(9)17)15-10-4-6-16(7-5-10)13(14)18/h2-3,8,10,15,17H,4-7H2,1H3,(H2,14,18). The van der Waals surface area contributed by atoms with Gasteiger partial charge in [0, 0.05) is 30.9 Å². The molecule has 98 valence electrons. The predicted octanol–water partition coefficient (Wildman–Crippen LogP) is 1.66. The van der Waals surface area contributed by atoms with Crippen molar-refractivity contribution in [3.63, 3.8) is 0 Å². The maximum Gasteiger partial charge on any atom is 0.314 e. The molecule has 2 amide bonds. The number of hydrogen-bond acceptors (Lipinski definition) is 3. The number of amides is 2. The zero-order valence-electron chi connectivity index (χ0n) is 10.5. The summed E-state index contributed by atoms with van der Waals surface area (Å²) in [7, 11) is 0. The van der Waals surface area contributed by atoms with E-state index in [0.717, 1.165) is 24.1 Å². The molecular weight excluding hydrogens is 230 g/mol. The lowest BCUT2D eigenvalue weighted by Gasteiger charge is -2.31. The Balaban J connectivity index is 1.91. The molecule has 1 aromatic rings. The maximum absolute atomic E-state index is 11.0. The number of phenolic OH excluding ortho intramolecular Hbond substituents is 1. The Hall–Kier alpha value is -1.91. The topological polar surface area (TPSA) is 78.6 Å². The lowest BCUT2D eigenvalue weighted by Crippen LogP contribution is -2.44. The molecule has 0 aliphatic carbocycles. The van der Waals surface area contributed by atoms with Crippen LogP contribution in [-0.2, 0) is 0 Å². The summed E-state index contributed by atoms with van der Waals surface area (Å²) in [4.78, 5) is 12.7. The molecule has 4 N–H and O–H groups in total. The monoisotopic (exact) mass is 249 g/mol. The first-order valence-corrected chi connectivity index (χ1v) is 6.17. The summed E-state index contributed by atoms with van der Waals surface area (Å²) in [5.41, 5.74) is 7.01. The number of nitrogens with two attached hydrogens (primary N) is 1. The molecule has 1 aliphatic rings. The molecule has 1 saturated heterocycles. The quantitative estimate of drug-likeness (QED) is 0.745. The fourth-order valence-electron chi connectivity index (χ4n) is 2.18. The van der Waals surface area contributed by atoms with Gasteiger partial charge in [0.2, 0.25) is 0 Å². The minimum absolute atomic E-state index is 0.301. The SMILES string of the molecule is Cc1ccc(NC2CCN(C(N)=O)CC2)cc1O. The second-order valence-corrected chi connectivity index (χ2v) is 4.75. The van der Waals surface area contributed by atoms with E-state index in [2.05, 4.69) is 5.32 Å². The summed E-state index contributed by atoms with van der Waals surface area (Å²) in [5, 5.41) is 13.0. The highest BCUT2D eigenvalue weighted by atomic mass is 16.3. The van der Waals surface area contributed by atoms with E-state index in [1.807, 2.05) is 19.1 Å². The molecular formula is C13H19N3O2. The van der Waals surface area contributed by atoms with Gasteiger partial charge in [-0.15, -0.1) is 0 Å². The van der Waals surface area contributed by atoms with Crippen LogP contribution in [0.2, 0.25) is 0 Å². The number of nitrogens with zero attached hydrogens (tertiary/aromatic N) is 1. The van der Waals surface area contributed by atoms with E-state index in [1.165, 1.54) is 0 Å². The van der Waals surface area contributed by atoms with Crippen molar-refractivity contribution in [1.29, 1.82) is 0 Å². The number of aryl methyl sites for hydroxylation is 1. The molecule has 2 rings (SSSR count). The summed E-state index contributed by atoms with van der Waals surface area (Å²) in [6, 6.07) is 5.55. The molecule has 0 unspecified atom stereocenters. The first kappa shape index (κ1) is 12.5. The van der Waals surface area contributed by atoms with Crippen molar-refractivity contribution in [1.82, 2.24) is 4.90 Å². The Morgan fingerprint density at radius 1 is 1.44 bits per heavy atom. The lowest BCUT2D eigenvalue weighted by atomic mass is 10.0. The first-order chi connectivity index (χ1) is 8.56. The summed E-state index contributed by atoms with van der Waals surface area (Å²) < 4.78 is 0. The Morgan fingerprint density at radius 3 is 2.67 bits per heavy atom. The van der Waals surface area contributed by atoms with Crippen molar-refractivity contribution < 1.29 is 9.90 Å². The van der Waals surface area contributed by atoms with Gasteiger partial charge in [-0.25, -0.2) is 4.79 Å². The highest BCUT2D eigenvalue weighted by Crippen LogP contribution is 2.23. The fraction of sp³-hybridized carbons (Fsp3) is 0.462. The first-order valence-electron chi connectivity index (χ1n) is 6.17. The van der Waals surface area contributed by atoms with E-state index in [0.29, 0.717) is 24.9 Å². The van der Waals surface area contributed by atoms with Crippen molar-refractivity contribution in [2.24, 2.45) is 5.73 Å². The molecule has 0 aromatic heterocycles. The Morgan fingerprint density at radius 2 is 2.11 bits per heavy atom. The van der Waals surface area contributed by atoms with Gasteiger partial charge in [0.05, 0.1) is 0 Å². The molecule has 0 bridgehead atoms. The van der Waals surface area contributed by atoms with E-state index in [4.69, 9.17) is 5.73 Å². The van der Waals surface area contributed by atoms with Gasteiger partial charge in [-0.3, -0.25) is 0 Å². The van der Waals surface area contributed by atoms with Crippen LogP contribution in [0.15, 0.2) is 18.2 Å². The number of primary amides is 1. The van der Waals surface area contributed by atoms with Gasteiger partial charge in [0.1, 0.15) is 5.75 Å². The van der Waals surface area contributed by atoms with Crippen LogP contribution in [0, 0.1) is 6.92 Å². The zero-order valence-corrected chi connectivity index (χ0v) is 10.5. The van der Waals surface area contributed by atoms with Crippen LogP contribution >= 0.6 is 0 Å². The zero-order chi connectivity index (χ0) is 13.1. The van der Waals surface area contributed by atoms with Crippen LogP contribution in [-0.4, -0.2) is 35.2 Å². The molecule has 1 aromatic carbocycles. The van der Waals surface area contributed by atoms with Gasteiger partial charge in [-0.05, 0) is 31.4 Å². The molecule has 0 radical (unpaired) electrons. The van der Waals surface area contributed by atoms with Crippen LogP contribution < -0.4 is 11.1 Å². The molecule has 18 heavy (non-hydrogen) atoms. The third-order valence-electron chi connectivity index (χ3n) is 3.39. The van der Waals surface area contributed by atoms with Crippen LogP contribution in [0.4, 0.5) is 10.5 Å². The third-order valence-corrected chi connectivity index (χ3v) is 3.39. The number of hydrogen-bond donors (Lipinski definition) is 3. The maximum atomic E-state index is 11.0. The van der Waals surface area contributed by atoms with Crippen molar-refractivity contribution in [3.05, 3.63) is 23.8 Å². The van der Waals surface area contributed by atoms with Gasteiger partial charge >= 0.3 is 6.03 Å². The summed E-state index contributed by atoms with van der Waals surface area (Å²) >= 11 is 0. The minimum atomic E-state index is -0.346. The minimum Gasteiger partial charge on any atom is -0.508 e. The number of piperidine rings is 1. The van der Waals surface area contributed by atoms with Crippen LogP contribution in [0.1, 0.15) is 18.4 Å². The number of likely N-dealkylation sites (tertiary alicyclic amines) is 1. The van der Waals surface area contributed by atoms with Gasteiger partial charge in [0.25, 0.3) is 0 Å². The Labute approximate surface area is 107 Å². The molecule has 0 spiro atoms. The van der Waals surface area contributed by atoms with E-state index in [9.17, 15) is 9.90 Å². The van der Waals surface area contributed by atoms with E-state index < -0.39 is 0 Å². The summed E-state index contributed by atoms with van der Waals surface area (Å²) in [6.45, 7) is 3.24. The highest BCUT2D eigenvalue weighted by molar-refractivity contribution is 5.72. The number of anilines is 1. The average Bonchev–Trinajstić information content (AvgIpc) is 2.34. The average molecular weight is 249 g/mol. The third kappa shape index (κ3) is 2.85. The van der Waals surface area contributed by atoms with Gasteiger partial charge in [0.15, 0.2) is 0 Å². The van der Waals surface area contributed by atoms with Crippen LogP contribution in [0.25, 0.3) is 0 Å². The lowest BCUT2D eigenvalue weighted by molar-refractivity contribution is 0.193. The highest BCUT2D eigenvalue weighted by Gasteiger charge is 2.20. The van der Waals surface area contributed by atoms with E-state index in [1.54, 1.807) is 11.0 Å². The number of urea groups is 1. The fourth-order valence-corrected chi connectivity index (χ4v) is 2.18. The second kappa shape index (κ2) is 5.16. The van der Waals surface area contributed by atoms with E-state index in [-0.39, 0.29) is 6.03 Å². The number of nitrogens with one attached hydrogen (secondary N) is 1. The number of carbonyl (C=O) groups excluding carboxylic acids is 1. The van der Waals surface area contributed by atoms with Crippen molar-refractivity contribution in [2.75, 3.05) is 18.4 Å². The molecule has 1 aliphatic heterocycles. The number of rotatable bonds is 2. The molecule has 5 nitrogen and oxygen atoms in total. The van der Waals surface area contributed by atoms with E-state index >= 15 is 0 Å². The summed E-state index contributed by atoms with van der Waals surface area (Å²) in [5.74, 6) is 0.301. The smallest absolute Gasteiger partial charge is 0.314 e. The number of aromatic hydroxyl groups is 1. The number of benzene rings is 1. The normalized spacial score (nSPS) is 16.6. The number of phenols is 1. The Bertz CT molecular complexity index is 440. The second-order valence-electron chi connectivity index (χ2n) is 4.75. The van der Waals surface area contributed by atoms with Crippen molar-refractivity contribution >= 4 is 11.7 Å². The molecule has 0 atom stereocenters. The predicted molar refractivity (Wildman–Crippen MR) is 70.6 cm³/mol. The number of carbonyl (C=O) groups is 1. The van der Waals surface area contributed by atoms with Gasteiger partial charge in [-0.2, -0.15) is 0 Å². The summed E-state index contributed by atoms with van der Waals surface area (Å²) in [6.07, 6.45) is 1.75. The van der Waals surface area contributed by atoms with Crippen LogP contribution in [0.5, 0.6) is 5.75 Å².